The Labute approximate surface area is 195 Å². The molecule has 5 nitrogen and oxygen atoms in total. The summed E-state index contributed by atoms with van der Waals surface area (Å²) in [4.78, 5) is 6.91. The topological polar surface area (TPSA) is 48.9 Å². The SMILES string of the molecule is CN=C(NCCCOCC1CC1)NC1CCN(Cc2ccc(Br)cc2)CC1.I. The summed E-state index contributed by atoms with van der Waals surface area (Å²) >= 11 is 3.50. The number of hydrogen-bond acceptors (Lipinski definition) is 3. The lowest BCUT2D eigenvalue weighted by molar-refractivity contribution is 0.123. The van der Waals surface area contributed by atoms with Gasteiger partial charge in [-0.1, -0.05) is 28.1 Å². The molecule has 0 bridgehead atoms. The molecule has 1 aromatic rings. The predicted molar refractivity (Wildman–Crippen MR) is 131 cm³/mol. The fourth-order valence-corrected chi connectivity index (χ4v) is 3.65. The van der Waals surface area contributed by atoms with E-state index in [4.69, 9.17) is 4.74 Å². The smallest absolute Gasteiger partial charge is 0.191 e. The van der Waals surface area contributed by atoms with Gasteiger partial charge in [-0.05, 0) is 55.7 Å². The second-order valence-electron chi connectivity index (χ2n) is 7.69. The van der Waals surface area contributed by atoms with Gasteiger partial charge in [-0.3, -0.25) is 9.89 Å². The van der Waals surface area contributed by atoms with Crippen LogP contribution >= 0.6 is 39.9 Å². The summed E-state index contributed by atoms with van der Waals surface area (Å²) in [6.45, 7) is 5.99. The summed E-state index contributed by atoms with van der Waals surface area (Å²) < 4.78 is 6.82. The Bertz CT molecular complexity index is 587. The van der Waals surface area contributed by atoms with Crippen LogP contribution in [0.2, 0.25) is 0 Å². The highest BCUT2D eigenvalue weighted by Crippen LogP contribution is 2.28. The molecule has 1 aliphatic carbocycles. The first-order valence-corrected chi connectivity index (χ1v) is 11.0. The maximum absolute atomic E-state index is 5.68. The summed E-state index contributed by atoms with van der Waals surface area (Å²) in [7, 11) is 1.85. The Hall–Kier alpha value is -0.380. The van der Waals surface area contributed by atoms with Crippen molar-refractivity contribution in [2.45, 2.75) is 44.7 Å². The third-order valence-corrected chi connectivity index (χ3v) is 5.81. The summed E-state index contributed by atoms with van der Waals surface area (Å²) in [5.41, 5.74) is 1.38. The predicted octanol–water partition coefficient (Wildman–Crippen LogP) is 4.01. The second kappa shape index (κ2) is 13.0. The standard InChI is InChI=1S/C21H33BrN4O.HI/c1-23-21(24-11-2-14-27-16-18-3-4-18)25-20-9-12-26(13-10-20)15-17-5-7-19(22)8-6-17;/h5-8,18,20H,2-4,9-16H2,1H3,(H2,23,24,25);1H. The summed E-state index contributed by atoms with van der Waals surface area (Å²) in [6.07, 6.45) is 6.05. The van der Waals surface area contributed by atoms with Gasteiger partial charge < -0.3 is 15.4 Å². The van der Waals surface area contributed by atoms with Gasteiger partial charge in [0.2, 0.25) is 0 Å². The van der Waals surface area contributed by atoms with Crippen molar-refractivity contribution in [3.63, 3.8) is 0 Å². The second-order valence-corrected chi connectivity index (χ2v) is 8.61. The molecule has 2 fully saturated rings. The molecular formula is C21H34BrIN4O. The lowest BCUT2D eigenvalue weighted by Gasteiger charge is -2.33. The maximum atomic E-state index is 5.68. The molecule has 0 spiro atoms. The van der Waals surface area contributed by atoms with Crippen molar-refractivity contribution in [1.29, 1.82) is 0 Å². The number of hydrogen-bond donors (Lipinski definition) is 2. The number of guanidine groups is 1. The minimum Gasteiger partial charge on any atom is -0.381 e. The highest BCUT2D eigenvalue weighted by molar-refractivity contribution is 14.0. The number of likely N-dealkylation sites (tertiary alicyclic amines) is 1. The molecule has 0 radical (unpaired) electrons. The minimum atomic E-state index is 0. The van der Waals surface area contributed by atoms with Crippen LogP contribution in [0, 0.1) is 5.92 Å². The quantitative estimate of drug-likeness (QED) is 0.206. The molecule has 1 saturated heterocycles. The molecule has 0 amide bonds. The lowest BCUT2D eigenvalue weighted by atomic mass is 10.0. The Kier molecular flexibility index (Phi) is 11.1. The lowest BCUT2D eigenvalue weighted by Crippen LogP contribution is -2.48. The molecule has 3 rings (SSSR count). The van der Waals surface area contributed by atoms with E-state index in [1.54, 1.807) is 0 Å². The Balaban J connectivity index is 0.00000280. The fraction of sp³-hybridized carbons (Fsp3) is 0.667. The van der Waals surface area contributed by atoms with Crippen molar-refractivity contribution in [2.24, 2.45) is 10.9 Å². The molecule has 1 aliphatic heterocycles. The van der Waals surface area contributed by atoms with Crippen LogP contribution in [0.1, 0.15) is 37.7 Å². The van der Waals surface area contributed by atoms with E-state index < -0.39 is 0 Å². The summed E-state index contributed by atoms with van der Waals surface area (Å²) in [5, 5.41) is 7.00. The molecule has 158 valence electrons. The van der Waals surface area contributed by atoms with E-state index in [0.29, 0.717) is 6.04 Å². The maximum Gasteiger partial charge on any atom is 0.191 e. The number of piperidine rings is 1. The van der Waals surface area contributed by atoms with Gasteiger partial charge in [0.25, 0.3) is 0 Å². The first kappa shape index (κ1) is 23.9. The zero-order valence-corrected chi connectivity index (χ0v) is 20.7. The van der Waals surface area contributed by atoms with Crippen LogP contribution in [0.25, 0.3) is 0 Å². The highest BCUT2D eigenvalue weighted by Gasteiger charge is 2.21. The van der Waals surface area contributed by atoms with Gasteiger partial charge in [0.05, 0.1) is 0 Å². The number of nitrogens with zero attached hydrogens (tertiary/aromatic N) is 2. The third kappa shape index (κ3) is 8.97. The molecule has 0 atom stereocenters. The van der Waals surface area contributed by atoms with Gasteiger partial charge in [0.1, 0.15) is 0 Å². The van der Waals surface area contributed by atoms with Crippen molar-refractivity contribution in [3.05, 3.63) is 34.3 Å². The highest BCUT2D eigenvalue weighted by atomic mass is 127. The monoisotopic (exact) mass is 564 g/mol. The first-order valence-electron chi connectivity index (χ1n) is 10.2. The molecule has 2 N–H and O–H groups in total. The van der Waals surface area contributed by atoms with Gasteiger partial charge in [0.15, 0.2) is 5.96 Å². The van der Waals surface area contributed by atoms with Gasteiger partial charge in [-0.25, -0.2) is 0 Å². The van der Waals surface area contributed by atoms with Crippen LogP contribution in [0.15, 0.2) is 33.7 Å². The minimum absolute atomic E-state index is 0. The zero-order valence-electron chi connectivity index (χ0n) is 16.8. The number of rotatable bonds is 9. The Morgan fingerprint density at radius 1 is 1.18 bits per heavy atom. The van der Waals surface area contributed by atoms with Crippen LogP contribution in [0.3, 0.4) is 0 Å². The molecule has 0 unspecified atom stereocenters. The average Bonchev–Trinajstić information content (AvgIpc) is 3.51. The van der Waals surface area contributed by atoms with E-state index in [9.17, 15) is 0 Å². The average molecular weight is 565 g/mol. The van der Waals surface area contributed by atoms with E-state index in [0.717, 1.165) is 75.0 Å². The van der Waals surface area contributed by atoms with Gasteiger partial charge in [0, 0.05) is 57.0 Å². The van der Waals surface area contributed by atoms with Crippen LogP contribution in [-0.2, 0) is 11.3 Å². The third-order valence-electron chi connectivity index (χ3n) is 5.28. The van der Waals surface area contributed by atoms with E-state index in [-0.39, 0.29) is 24.0 Å². The van der Waals surface area contributed by atoms with Crippen LogP contribution in [0.4, 0.5) is 0 Å². The fourth-order valence-electron chi connectivity index (χ4n) is 3.39. The number of benzene rings is 1. The van der Waals surface area contributed by atoms with Gasteiger partial charge in [-0.2, -0.15) is 0 Å². The molecule has 28 heavy (non-hydrogen) atoms. The normalized spacial score (nSPS) is 18.6. The molecule has 2 aliphatic rings. The van der Waals surface area contributed by atoms with Crippen LogP contribution < -0.4 is 10.6 Å². The molecular weight excluding hydrogens is 531 g/mol. The largest absolute Gasteiger partial charge is 0.381 e. The van der Waals surface area contributed by atoms with Crippen molar-refractivity contribution < 1.29 is 4.74 Å². The van der Waals surface area contributed by atoms with Crippen molar-refractivity contribution in [2.75, 3.05) is 39.9 Å². The van der Waals surface area contributed by atoms with Crippen LogP contribution in [0.5, 0.6) is 0 Å². The van der Waals surface area contributed by atoms with Gasteiger partial charge >= 0.3 is 0 Å². The van der Waals surface area contributed by atoms with E-state index in [1.807, 2.05) is 7.05 Å². The molecule has 0 aromatic heterocycles. The van der Waals surface area contributed by atoms with Crippen LogP contribution in [-0.4, -0.2) is 56.8 Å². The van der Waals surface area contributed by atoms with E-state index >= 15 is 0 Å². The molecule has 1 saturated carbocycles. The number of ether oxygens (including phenoxy) is 1. The van der Waals surface area contributed by atoms with Gasteiger partial charge in [-0.15, -0.1) is 24.0 Å². The van der Waals surface area contributed by atoms with Crippen molar-refractivity contribution in [1.82, 2.24) is 15.5 Å². The molecule has 1 aromatic carbocycles. The number of halogens is 2. The van der Waals surface area contributed by atoms with E-state index in [1.165, 1.54) is 18.4 Å². The summed E-state index contributed by atoms with van der Waals surface area (Å²) in [6, 6.07) is 9.15. The van der Waals surface area contributed by atoms with Crippen molar-refractivity contribution in [3.8, 4) is 0 Å². The van der Waals surface area contributed by atoms with Crippen molar-refractivity contribution >= 4 is 45.9 Å². The number of nitrogens with one attached hydrogen (secondary N) is 2. The Morgan fingerprint density at radius 2 is 1.89 bits per heavy atom. The molecule has 1 heterocycles. The Morgan fingerprint density at radius 3 is 2.54 bits per heavy atom. The number of aliphatic imine (C=N–C) groups is 1. The summed E-state index contributed by atoms with van der Waals surface area (Å²) in [5.74, 6) is 1.77. The molecule has 7 heteroatoms. The zero-order chi connectivity index (χ0) is 18.9. The first-order chi connectivity index (χ1) is 13.2. The van der Waals surface area contributed by atoms with E-state index in [2.05, 4.69) is 60.7 Å².